The predicted octanol–water partition coefficient (Wildman–Crippen LogP) is 5.16. The second-order valence-electron chi connectivity index (χ2n) is 14.3. The fraction of sp³-hybridized carbons (Fsp3) is 0.568. The summed E-state index contributed by atoms with van der Waals surface area (Å²) in [5.41, 5.74) is -0.413. The monoisotopic (exact) mass is 714 g/mol. The number of hydrogen-bond acceptors (Lipinski definition) is 7. The van der Waals surface area contributed by atoms with Crippen molar-refractivity contribution < 1.29 is 37.1 Å². The lowest BCUT2D eigenvalue weighted by atomic mass is 9.69. The van der Waals surface area contributed by atoms with Crippen molar-refractivity contribution in [1.82, 2.24) is 20.1 Å². The molecule has 14 heteroatoms. The third-order valence-electron chi connectivity index (χ3n) is 10.1. The van der Waals surface area contributed by atoms with Gasteiger partial charge in [0.25, 0.3) is 0 Å². The Morgan fingerprint density at radius 1 is 1.10 bits per heavy atom. The van der Waals surface area contributed by atoms with Crippen molar-refractivity contribution >= 4 is 35.5 Å². The molecule has 0 radical (unpaired) electrons. The average molecular weight is 715 g/mol. The van der Waals surface area contributed by atoms with Crippen molar-refractivity contribution in [2.24, 2.45) is 22.2 Å². The molecule has 2 heterocycles. The van der Waals surface area contributed by atoms with Gasteiger partial charge in [-0.05, 0) is 67.8 Å². The Bertz CT molecular complexity index is 1600. The van der Waals surface area contributed by atoms with E-state index >= 15 is 13.2 Å². The molecule has 3 atom stereocenters. The van der Waals surface area contributed by atoms with E-state index < -0.39 is 47.0 Å². The molecular weight excluding hydrogens is 665 g/mol. The number of nitrogens with one attached hydrogen (secondary N) is 2. The highest BCUT2D eigenvalue weighted by atomic mass is 19.3. The molecule has 1 aromatic heterocycles. The van der Waals surface area contributed by atoms with Crippen LogP contribution in [0.15, 0.2) is 41.7 Å². The smallest absolute Gasteiger partial charge is 0.353 e. The molecule has 2 aromatic rings. The van der Waals surface area contributed by atoms with Crippen LogP contribution in [0.2, 0.25) is 0 Å². The van der Waals surface area contributed by atoms with Crippen LogP contribution in [-0.2, 0) is 25.1 Å². The highest BCUT2D eigenvalue weighted by Crippen LogP contribution is 2.41. The number of likely N-dealkylation sites (N-methyl/N-ethyl adjacent to an activating group) is 1. The van der Waals surface area contributed by atoms with Crippen LogP contribution < -0.4 is 15.4 Å². The molecule has 1 saturated carbocycles. The molecule has 1 aliphatic heterocycles. The number of anilines is 1. The summed E-state index contributed by atoms with van der Waals surface area (Å²) in [6.45, 7) is 10.0. The molecule has 51 heavy (non-hydrogen) atoms. The lowest BCUT2D eigenvalue weighted by Gasteiger charge is -2.36. The number of carbonyl (C=O) groups is 4. The summed E-state index contributed by atoms with van der Waals surface area (Å²) < 4.78 is 50.9. The number of amides is 4. The minimum absolute atomic E-state index is 0.0235. The van der Waals surface area contributed by atoms with Crippen LogP contribution in [0.3, 0.4) is 0 Å². The van der Waals surface area contributed by atoms with E-state index in [0.717, 1.165) is 31.3 Å². The second kappa shape index (κ2) is 16.8. The summed E-state index contributed by atoms with van der Waals surface area (Å²) in [6, 6.07) is 4.21. The fourth-order valence-electron chi connectivity index (χ4n) is 6.46. The van der Waals surface area contributed by atoms with E-state index in [4.69, 9.17) is 4.74 Å². The molecule has 1 aliphatic carbocycles. The number of hydrogen-bond donors (Lipinski definition) is 2. The number of ether oxygens (including phenoxy) is 1. The van der Waals surface area contributed by atoms with E-state index in [9.17, 15) is 19.2 Å². The first-order valence-electron chi connectivity index (χ1n) is 17.4. The number of halogens is 3. The maximum Gasteiger partial charge on any atom is 0.353 e. The summed E-state index contributed by atoms with van der Waals surface area (Å²) in [7, 11) is 3.25. The van der Waals surface area contributed by atoms with Gasteiger partial charge in [-0.1, -0.05) is 33.8 Å². The average Bonchev–Trinajstić information content (AvgIpc) is 3.11. The number of pyridine rings is 1. The zero-order chi connectivity index (χ0) is 37.5. The molecule has 11 nitrogen and oxygen atoms in total. The number of methoxy groups -OCH3 is 1. The van der Waals surface area contributed by atoms with E-state index in [2.05, 4.69) is 39.4 Å². The Morgan fingerprint density at radius 2 is 1.76 bits per heavy atom. The summed E-state index contributed by atoms with van der Waals surface area (Å²) >= 11 is 0. The molecule has 2 fully saturated rings. The summed E-state index contributed by atoms with van der Waals surface area (Å²) in [4.78, 5) is 63.5. The second-order valence-corrected chi connectivity index (χ2v) is 14.3. The topological polar surface area (TPSA) is 133 Å². The molecule has 278 valence electrons. The fourth-order valence-corrected chi connectivity index (χ4v) is 6.46. The van der Waals surface area contributed by atoms with Gasteiger partial charge in [0.15, 0.2) is 0 Å². The quantitative estimate of drug-likeness (QED) is 0.290. The Balaban J connectivity index is 1.55. The van der Waals surface area contributed by atoms with Gasteiger partial charge in [0.05, 0.1) is 30.5 Å². The summed E-state index contributed by atoms with van der Waals surface area (Å²) in [5, 5.41) is 5.38. The van der Waals surface area contributed by atoms with Crippen molar-refractivity contribution in [2.75, 3.05) is 45.7 Å². The van der Waals surface area contributed by atoms with Gasteiger partial charge < -0.3 is 25.2 Å². The molecule has 1 aromatic carbocycles. The van der Waals surface area contributed by atoms with Gasteiger partial charge in [-0.25, -0.2) is 9.38 Å². The lowest BCUT2D eigenvalue weighted by molar-refractivity contribution is -0.143. The number of piperazine rings is 1. The zero-order valence-electron chi connectivity index (χ0n) is 30.2. The highest BCUT2D eigenvalue weighted by Gasteiger charge is 2.42. The van der Waals surface area contributed by atoms with Crippen LogP contribution in [0.5, 0.6) is 5.75 Å². The van der Waals surface area contributed by atoms with Crippen LogP contribution in [0, 0.1) is 23.1 Å². The maximum atomic E-state index is 15.7. The highest BCUT2D eigenvalue weighted by molar-refractivity contribution is 6.05. The van der Waals surface area contributed by atoms with E-state index in [1.165, 1.54) is 25.4 Å². The largest absolute Gasteiger partial charge is 0.495 e. The first kappa shape index (κ1) is 39.5. The van der Waals surface area contributed by atoms with Crippen LogP contribution in [0.4, 0.5) is 18.9 Å². The number of carbonyl (C=O) groups excluding carboxylic acids is 4. The maximum absolute atomic E-state index is 15.7. The predicted molar refractivity (Wildman–Crippen MR) is 187 cm³/mol. The number of alkyl halides is 2. The van der Waals surface area contributed by atoms with E-state index in [1.54, 1.807) is 24.8 Å². The number of benzene rings is 1. The summed E-state index contributed by atoms with van der Waals surface area (Å²) in [5.74, 6) is -9.84. The van der Waals surface area contributed by atoms with Gasteiger partial charge in [0.1, 0.15) is 17.6 Å². The van der Waals surface area contributed by atoms with Crippen molar-refractivity contribution in [2.45, 2.75) is 77.7 Å². The van der Waals surface area contributed by atoms with E-state index in [1.807, 2.05) is 7.05 Å². The van der Waals surface area contributed by atoms with Gasteiger partial charge in [-0.15, -0.1) is 0 Å². The summed E-state index contributed by atoms with van der Waals surface area (Å²) in [6.07, 6.45) is 5.86. The van der Waals surface area contributed by atoms with Crippen molar-refractivity contribution in [3.05, 3.63) is 53.6 Å². The van der Waals surface area contributed by atoms with Crippen LogP contribution >= 0.6 is 0 Å². The van der Waals surface area contributed by atoms with Gasteiger partial charge in [0.2, 0.25) is 17.7 Å². The molecular formula is C37H49F3N6O5. The van der Waals surface area contributed by atoms with Gasteiger partial charge >= 0.3 is 11.8 Å². The standard InChI is InChI=1S/C37H49F3N6O5/c1-7-31(47)44-32(34(49)46-16-14-45(5)15-17-46)23(2)25-8-9-30(29(38)18-25)43-33(48)28(24-10-12-36(3,4)13-11-24)22-42-35(50)37(39,40)26-19-27(51-6)21-41-20-26/h8-9,18-24,28,32H,7,10-17H2,1-6H3,(H,43,48)(H,44,47)/t23-,28?,32+/m0/s1. The molecule has 1 saturated heterocycles. The van der Waals surface area contributed by atoms with Crippen LogP contribution in [0.25, 0.3) is 0 Å². The number of rotatable bonds is 12. The SMILES string of the molecule is CCC(=O)N[C@@H](C(=O)N1CCN(C)CC1)[C@@H](C)c1ccc(NC(=O)C(C=NC(=O)C(F)(F)c2cncc(OC)c2)C2CCC(C)(C)CC2)c(F)c1. The number of aliphatic imine (C=N–C) groups is 1. The van der Waals surface area contributed by atoms with Crippen molar-refractivity contribution in [1.29, 1.82) is 0 Å². The Morgan fingerprint density at radius 3 is 2.37 bits per heavy atom. The molecule has 2 N–H and O–H groups in total. The van der Waals surface area contributed by atoms with Gasteiger partial charge in [-0.3, -0.25) is 24.2 Å². The molecule has 0 bridgehead atoms. The third-order valence-corrected chi connectivity index (χ3v) is 10.1. The first-order chi connectivity index (χ1) is 24.1. The van der Waals surface area contributed by atoms with Crippen LogP contribution in [0.1, 0.15) is 76.8 Å². The Kier molecular flexibility index (Phi) is 13.0. The number of nitrogens with zero attached hydrogens (tertiary/aromatic N) is 4. The first-order valence-corrected chi connectivity index (χ1v) is 17.4. The Hall–Kier alpha value is -4.33. The van der Waals surface area contributed by atoms with Gasteiger partial charge in [-0.2, -0.15) is 8.78 Å². The minimum atomic E-state index is -4.04. The molecule has 4 rings (SSSR count). The molecule has 0 spiro atoms. The van der Waals surface area contributed by atoms with Gasteiger partial charge in [0, 0.05) is 50.9 Å². The third kappa shape index (κ3) is 9.93. The zero-order valence-corrected chi connectivity index (χ0v) is 30.2. The minimum Gasteiger partial charge on any atom is -0.495 e. The van der Waals surface area contributed by atoms with Crippen LogP contribution in [-0.4, -0.2) is 91.0 Å². The van der Waals surface area contributed by atoms with E-state index in [0.29, 0.717) is 44.6 Å². The van der Waals surface area contributed by atoms with E-state index in [-0.39, 0.29) is 41.0 Å². The normalized spacial score (nSPS) is 18.9. The lowest BCUT2D eigenvalue weighted by Crippen LogP contribution is -2.55. The molecule has 4 amide bonds. The van der Waals surface area contributed by atoms with Crippen molar-refractivity contribution in [3.63, 3.8) is 0 Å². The van der Waals surface area contributed by atoms with Crippen molar-refractivity contribution in [3.8, 4) is 5.75 Å². The number of aromatic nitrogens is 1. The molecule has 2 aliphatic rings. The Labute approximate surface area is 297 Å². The molecule has 1 unspecified atom stereocenters.